The summed E-state index contributed by atoms with van der Waals surface area (Å²) in [5.41, 5.74) is 0. The van der Waals surface area contributed by atoms with Gasteiger partial charge in [0.15, 0.2) is 0 Å². The van der Waals surface area contributed by atoms with Gasteiger partial charge in [-0.05, 0) is 12.7 Å². The Morgan fingerprint density at radius 3 is 2.64 bits per heavy atom. The summed E-state index contributed by atoms with van der Waals surface area (Å²) in [7, 11) is 0. The number of nitrogens with zero attached hydrogens (tertiary/aromatic N) is 1. The van der Waals surface area contributed by atoms with Gasteiger partial charge >= 0.3 is 0 Å². The van der Waals surface area contributed by atoms with Crippen LogP contribution >= 0.6 is 11.8 Å². The van der Waals surface area contributed by atoms with E-state index < -0.39 is 0 Å². The normalized spacial score (nSPS) is 36.8. The third-order valence-electron chi connectivity index (χ3n) is 2.61. The van der Waals surface area contributed by atoms with E-state index in [2.05, 4.69) is 16.5 Å². The zero-order chi connectivity index (χ0) is 7.68. The Balaban J connectivity index is 1.70. The summed E-state index contributed by atoms with van der Waals surface area (Å²) in [5, 5.41) is 3.54. The molecule has 0 spiro atoms. The molecule has 3 fully saturated rings. The molecular formula is C8H16N2S. The van der Waals surface area contributed by atoms with Crippen molar-refractivity contribution < 1.29 is 0 Å². The van der Waals surface area contributed by atoms with Crippen LogP contribution in [0.2, 0.25) is 0 Å². The number of hydrogen-bond donors (Lipinski definition) is 1. The molecule has 0 amide bonds. The molecule has 3 heteroatoms. The van der Waals surface area contributed by atoms with Gasteiger partial charge in [-0.15, -0.1) is 0 Å². The Morgan fingerprint density at radius 1 is 1.45 bits per heavy atom. The Hall–Kier alpha value is 0.270. The standard InChI is InChI=1S/C8H16N2S/c1-11-3-2-10-5-7-4-8(6-10)9-7/h7-9H,2-6H2,1H3. The lowest BCUT2D eigenvalue weighted by atomic mass is 9.91. The average Bonchev–Trinajstić information content (AvgIpc) is 2.00. The Morgan fingerprint density at radius 2 is 2.09 bits per heavy atom. The molecule has 2 unspecified atom stereocenters. The highest BCUT2D eigenvalue weighted by atomic mass is 32.2. The van der Waals surface area contributed by atoms with Crippen molar-refractivity contribution in [3.63, 3.8) is 0 Å². The van der Waals surface area contributed by atoms with E-state index in [9.17, 15) is 0 Å². The third kappa shape index (κ3) is 1.71. The van der Waals surface area contributed by atoms with Crippen LogP contribution in [0.1, 0.15) is 6.42 Å². The van der Waals surface area contributed by atoms with Gasteiger partial charge in [-0.2, -0.15) is 11.8 Å². The smallest absolute Gasteiger partial charge is 0.0213 e. The van der Waals surface area contributed by atoms with E-state index in [4.69, 9.17) is 0 Å². The van der Waals surface area contributed by atoms with E-state index in [-0.39, 0.29) is 0 Å². The van der Waals surface area contributed by atoms with Crippen LogP contribution in [0.5, 0.6) is 0 Å². The zero-order valence-corrected chi connectivity index (χ0v) is 7.86. The third-order valence-corrected chi connectivity index (χ3v) is 3.20. The first kappa shape index (κ1) is 7.90. The SMILES string of the molecule is CSCCN1CC2CC(C1)N2. The summed E-state index contributed by atoms with van der Waals surface area (Å²) in [6, 6.07) is 1.66. The number of rotatable bonds is 3. The minimum atomic E-state index is 0.829. The summed E-state index contributed by atoms with van der Waals surface area (Å²) < 4.78 is 0. The molecule has 2 atom stereocenters. The molecule has 0 radical (unpaired) electrons. The van der Waals surface area contributed by atoms with Gasteiger partial charge in [-0.3, -0.25) is 4.90 Å². The van der Waals surface area contributed by atoms with Crippen LogP contribution in [-0.2, 0) is 0 Å². The molecule has 3 saturated heterocycles. The van der Waals surface area contributed by atoms with Crippen LogP contribution in [0.25, 0.3) is 0 Å². The van der Waals surface area contributed by atoms with Gasteiger partial charge in [0.1, 0.15) is 0 Å². The zero-order valence-electron chi connectivity index (χ0n) is 7.05. The average molecular weight is 172 g/mol. The molecular weight excluding hydrogens is 156 g/mol. The van der Waals surface area contributed by atoms with Gasteiger partial charge in [-0.25, -0.2) is 0 Å². The quantitative estimate of drug-likeness (QED) is 0.663. The molecule has 0 saturated carbocycles. The number of fused-ring (bicyclic) bond motifs is 2. The van der Waals surface area contributed by atoms with Crippen LogP contribution in [0.15, 0.2) is 0 Å². The van der Waals surface area contributed by atoms with Crippen molar-refractivity contribution in [2.24, 2.45) is 0 Å². The van der Waals surface area contributed by atoms with Gasteiger partial charge in [0.2, 0.25) is 0 Å². The maximum atomic E-state index is 3.54. The second-order valence-corrected chi connectivity index (χ2v) is 4.53. The molecule has 2 nitrogen and oxygen atoms in total. The summed E-state index contributed by atoms with van der Waals surface area (Å²) in [6.07, 6.45) is 3.61. The van der Waals surface area contributed by atoms with Crippen LogP contribution < -0.4 is 5.32 Å². The highest BCUT2D eigenvalue weighted by Crippen LogP contribution is 2.20. The van der Waals surface area contributed by atoms with E-state index in [0.717, 1.165) is 12.1 Å². The lowest BCUT2D eigenvalue weighted by molar-refractivity contribution is 0.0832. The molecule has 0 aromatic rings. The van der Waals surface area contributed by atoms with Crippen LogP contribution in [-0.4, -0.2) is 48.6 Å². The second kappa shape index (κ2) is 3.33. The van der Waals surface area contributed by atoms with Crippen LogP contribution in [0.3, 0.4) is 0 Å². The molecule has 0 aromatic carbocycles. The fourth-order valence-corrected chi connectivity index (χ4v) is 2.45. The van der Waals surface area contributed by atoms with E-state index in [0.29, 0.717) is 0 Å². The molecule has 1 N–H and O–H groups in total. The highest BCUT2D eigenvalue weighted by Gasteiger charge is 2.35. The van der Waals surface area contributed by atoms with Crippen molar-refractivity contribution in [3.8, 4) is 0 Å². The largest absolute Gasteiger partial charge is 0.309 e. The maximum Gasteiger partial charge on any atom is 0.0213 e. The molecule has 3 aliphatic heterocycles. The van der Waals surface area contributed by atoms with Gasteiger partial charge in [0, 0.05) is 37.5 Å². The minimum Gasteiger partial charge on any atom is -0.309 e. The molecule has 3 heterocycles. The number of nitrogens with one attached hydrogen (secondary N) is 1. The first-order chi connectivity index (χ1) is 5.38. The first-order valence-electron chi connectivity index (χ1n) is 4.36. The van der Waals surface area contributed by atoms with Crippen molar-refractivity contribution in [1.29, 1.82) is 0 Å². The molecule has 11 heavy (non-hydrogen) atoms. The minimum absolute atomic E-state index is 0.829. The molecule has 0 aromatic heterocycles. The van der Waals surface area contributed by atoms with Gasteiger partial charge in [0.05, 0.1) is 0 Å². The Labute approximate surface area is 72.7 Å². The Bertz CT molecular complexity index is 124. The summed E-state index contributed by atoms with van der Waals surface area (Å²) in [6.45, 7) is 3.87. The molecule has 3 aliphatic rings. The molecule has 3 rings (SSSR count). The summed E-state index contributed by atoms with van der Waals surface area (Å²) in [5.74, 6) is 1.29. The van der Waals surface area contributed by atoms with E-state index in [1.807, 2.05) is 11.8 Å². The first-order valence-corrected chi connectivity index (χ1v) is 5.75. The van der Waals surface area contributed by atoms with E-state index in [1.165, 1.54) is 31.8 Å². The summed E-state index contributed by atoms with van der Waals surface area (Å²) >= 11 is 1.95. The highest BCUT2D eigenvalue weighted by molar-refractivity contribution is 7.98. The predicted molar refractivity (Wildman–Crippen MR) is 50.2 cm³/mol. The molecule has 2 bridgehead atoms. The van der Waals surface area contributed by atoms with Gasteiger partial charge in [-0.1, -0.05) is 0 Å². The van der Waals surface area contributed by atoms with Crippen LogP contribution in [0, 0.1) is 0 Å². The van der Waals surface area contributed by atoms with Crippen molar-refractivity contribution in [3.05, 3.63) is 0 Å². The monoisotopic (exact) mass is 172 g/mol. The predicted octanol–water partition coefficient (Wildman–Crippen LogP) is 0.396. The van der Waals surface area contributed by atoms with E-state index >= 15 is 0 Å². The van der Waals surface area contributed by atoms with Crippen molar-refractivity contribution in [1.82, 2.24) is 10.2 Å². The Kier molecular flexibility index (Phi) is 2.39. The molecule has 64 valence electrons. The van der Waals surface area contributed by atoms with Crippen molar-refractivity contribution >= 4 is 11.8 Å². The number of piperidine rings is 1. The van der Waals surface area contributed by atoms with E-state index in [1.54, 1.807) is 0 Å². The van der Waals surface area contributed by atoms with Gasteiger partial charge in [0.25, 0.3) is 0 Å². The van der Waals surface area contributed by atoms with Crippen LogP contribution in [0.4, 0.5) is 0 Å². The van der Waals surface area contributed by atoms with Gasteiger partial charge < -0.3 is 5.32 Å². The number of hydrogen-bond acceptors (Lipinski definition) is 3. The number of piperazine rings is 1. The van der Waals surface area contributed by atoms with Crippen molar-refractivity contribution in [2.75, 3.05) is 31.6 Å². The lowest BCUT2D eigenvalue weighted by Crippen LogP contribution is -2.66. The topological polar surface area (TPSA) is 15.3 Å². The fourth-order valence-electron chi connectivity index (χ4n) is 2.01. The second-order valence-electron chi connectivity index (χ2n) is 3.55. The number of thioether (sulfide) groups is 1. The lowest BCUT2D eigenvalue weighted by Gasteiger charge is -2.48. The van der Waals surface area contributed by atoms with Crippen molar-refractivity contribution in [2.45, 2.75) is 18.5 Å². The maximum absolute atomic E-state index is 3.54. The fraction of sp³-hybridized carbons (Fsp3) is 1.00. The summed E-state index contributed by atoms with van der Waals surface area (Å²) in [4.78, 5) is 2.59. The molecule has 0 aliphatic carbocycles.